The molecule has 3 heterocycles. The number of nitrogen functional groups attached to an aromatic ring is 1. The van der Waals surface area contributed by atoms with Crippen molar-refractivity contribution in [1.29, 1.82) is 0 Å². The van der Waals surface area contributed by atoms with Crippen LogP contribution in [0.15, 0.2) is 52.3 Å². The average Bonchev–Trinajstić information content (AvgIpc) is 2.89. The topological polar surface area (TPSA) is 140 Å². The zero-order valence-electron chi connectivity index (χ0n) is 21.8. The van der Waals surface area contributed by atoms with Gasteiger partial charge in [-0.1, -0.05) is 18.2 Å². The zero-order chi connectivity index (χ0) is 27.0. The van der Waals surface area contributed by atoms with Gasteiger partial charge >= 0.3 is 0 Å². The quantitative estimate of drug-likeness (QED) is 0.396. The van der Waals surface area contributed by atoms with Gasteiger partial charge in [0.1, 0.15) is 22.9 Å². The molecule has 10 heteroatoms. The highest BCUT2D eigenvalue weighted by atomic mass is 16.5. The number of carbonyl (C=O) groups excluding carboxylic acids is 1. The molecule has 0 bridgehead atoms. The number of piperidine rings is 1. The number of ether oxygens (including phenoxy) is 1. The lowest BCUT2D eigenvalue weighted by atomic mass is 9.89. The number of methoxy groups -OCH3 is 1. The van der Waals surface area contributed by atoms with E-state index < -0.39 is 17.6 Å². The van der Waals surface area contributed by atoms with Crippen molar-refractivity contribution in [3.8, 4) is 11.4 Å². The van der Waals surface area contributed by atoms with E-state index in [9.17, 15) is 9.59 Å². The number of nitrogens with zero attached hydrogens (tertiary/aromatic N) is 3. The molecule has 1 amide bonds. The summed E-state index contributed by atoms with van der Waals surface area (Å²) in [7, 11) is 3.80. The highest BCUT2D eigenvalue weighted by Crippen LogP contribution is 2.35. The number of primary amides is 1. The fraction of sp³-hybridized carbons (Fsp3) is 0.321. The third-order valence-electron chi connectivity index (χ3n) is 7.29. The standard InChI is InChI=1S/C28H33N7O3/c1-16-5-4-6-19(13-16)35-25(29)23(26(30)37)24(36)20-15-31-28(33-27(20)35)32-21-8-7-18(14-22(21)38-3)17-9-11-34(2)12-10-17/h4-8,13-15,17,28,32-33H,9-12,29H2,1-3H3,(H2,30,37). The molecular formula is C28H33N7O3. The maximum atomic E-state index is 13.1. The van der Waals surface area contributed by atoms with Crippen LogP contribution < -0.4 is 32.3 Å². The van der Waals surface area contributed by atoms with Gasteiger partial charge in [0.2, 0.25) is 5.43 Å². The van der Waals surface area contributed by atoms with Crippen molar-refractivity contribution in [3.63, 3.8) is 0 Å². The number of likely N-dealkylation sites (tertiary alicyclic amines) is 1. The van der Waals surface area contributed by atoms with Crippen molar-refractivity contribution < 1.29 is 9.53 Å². The third kappa shape index (κ3) is 4.70. The van der Waals surface area contributed by atoms with Gasteiger partial charge in [0.05, 0.1) is 18.4 Å². The normalized spacial score (nSPS) is 17.5. The molecule has 3 aromatic rings. The van der Waals surface area contributed by atoms with Gasteiger partial charge in [-0.2, -0.15) is 0 Å². The summed E-state index contributed by atoms with van der Waals surface area (Å²) in [5.74, 6) is 0.702. The van der Waals surface area contributed by atoms with E-state index in [1.807, 2.05) is 37.3 Å². The molecule has 10 nitrogen and oxygen atoms in total. The molecular weight excluding hydrogens is 482 g/mol. The van der Waals surface area contributed by atoms with Crippen LogP contribution in [-0.4, -0.2) is 55.1 Å². The number of aliphatic imine (C=N–C) groups is 1. The Kier molecular flexibility index (Phi) is 6.81. The predicted molar refractivity (Wildman–Crippen MR) is 151 cm³/mol. The molecule has 5 rings (SSSR count). The van der Waals surface area contributed by atoms with Crippen molar-refractivity contribution in [2.24, 2.45) is 10.7 Å². The smallest absolute Gasteiger partial charge is 0.256 e. The van der Waals surface area contributed by atoms with Crippen LogP contribution in [0.4, 0.5) is 17.3 Å². The van der Waals surface area contributed by atoms with Crippen LogP contribution in [-0.2, 0) is 0 Å². The molecule has 0 radical (unpaired) electrons. The Morgan fingerprint density at radius 1 is 1.18 bits per heavy atom. The number of hydrogen-bond acceptors (Lipinski definition) is 8. The van der Waals surface area contributed by atoms with Crippen molar-refractivity contribution >= 4 is 29.4 Å². The van der Waals surface area contributed by atoms with Crippen LogP contribution in [0.3, 0.4) is 0 Å². The first-order valence-electron chi connectivity index (χ1n) is 12.6. The molecule has 1 aromatic heterocycles. The lowest BCUT2D eigenvalue weighted by molar-refractivity contribution is 0.0999. The molecule has 198 valence electrons. The summed E-state index contributed by atoms with van der Waals surface area (Å²) in [6.07, 6.45) is 3.05. The molecule has 0 spiro atoms. The molecule has 38 heavy (non-hydrogen) atoms. The Labute approximate surface area is 221 Å². The van der Waals surface area contributed by atoms with Crippen LogP contribution in [0.5, 0.6) is 5.75 Å². The van der Waals surface area contributed by atoms with Crippen molar-refractivity contribution in [2.75, 3.05) is 43.6 Å². The number of benzene rings is 2. The van der Waals surface area contributed by atoms with Crippen LogP contribution in [0.1, 0.15) is 45.8 Å². The van der Waals surface area contributed by atoms with Gasteiger partial charge in [0.15, 0.2) is 6.29 Å². The second-order valence-corrected chi connectivity index (χ2v) is 9.90. The van der Waals surface area contributed by atoms with Gasteiger partial charge in [-0.15, -0.1) is 0 Å². The summed E-state index contributed by atoms with van der Waals surface area (Å²) in [5.41, 5.74) is 15.0. The molecule has 1 saturated heterocycles. The molecule has 2 aliphatic heterocycles. The Bertz CT molecular complexity index is 1470. The van der Waals surface area contributed by atoms with Crippen LogP contribution in [0.25, 0.3) is 5.69 Å². The number of nitrogens with two attached hydrogens (primary N) is 2. The minimum absolute atomic E-state index is 0.0338. The van der Waals surface area contributed by atoms with E-state index >= 15 is 0 Å². The molecule has 2 aliphatic rings. The lowest BCUT2D eigenvalue weighted by Crippen LogP contribution is -2.37. The first kappa shape index (κ1) is 25.3. The van der Waals surface area contributed by atoms with Gasteiger partial charge < -0.3 is 31.7 Å². The first-order chi connectivity index (χ1) is 18.3. The number of pyridine rings is 1. The summed E-state index contributed by atoms with van der Waals surface area (Å²) < 4.78 is 7.35. The van der Waals surface area contributed by atoms with Crippen LogP contribution in [0, 0.1) is 6.92 Å². The SMILES string of the molecule is COc1cc(C2CCN(C)CC2)ccc1NC1N=Cc2c(n(-c3cccc(C)c3)c(N)c(C(N)=O)c2=O)N1. The average molecular weight is 516 g/mol. The number of aryl methyl sites for hydroxylation is 1. The Morgan fingerprint density at radius 3 is 2.63 bits per heavy atom. The summed E-state index contributed by atoms with van der Waals surface area (Å²) in [6.45, 7) is 4.11. The second kappa shape index (κ2) is 10.2. The van der Waals surface area contributed by atoms with Crippen LogP contribution in [0.2, 0.25) is 0 Å². The number of fused-ring (bicyclic) bond motifs is 1. The van der Waals surface area contributed by atoms with Gasteiger partial charge in [0, 0.05) is 11.9 Å². The maximum Gasteiger partial charge on any atom is 0.256 e. The highest BCUT2D eigenvalue weighted by Gasteiger charge is 2.28. The van der Waals surface area contributed by atoms with Gasteiger partial charge in [-0.25, -0.2) is 4.99 Å². The molecule has 0 aliphatic carbocycles. The number of carbonyl (C=O) groups is 1. The molecule has 2 aromatic carbocycles. The highest BCUT2D eigenvalue weighted by molar-refractivity contribution is 6.01. The molecule has 1 atom stereocenters. The summed E-state index contributed by atoms with van der Waals surface area (Å²) >= 11 is 0. The summed E-state index contributed by atoms with van der Waals surface area (Å²) in [4.78, 5) is 32.1. The number of anilines is 3. The van der Waals surface area contributed by atoms with Crippen molar-refractivity contribution in [1.82, 2.24) is 9.47 Å². The first-order valence-corrected chi connectivity index (χ1v) is 12.6. The third-order valence-corrected chi connectivity index (χ3v) is 7.29. The monoisotopic (exact) mass is 515 g/mol. The Balaban J connectivity index is 1.49. The van der Waals surface area contributed by atoms with Gasteiger partial charge in [-0.3, -0.25) is 14.2 Å². The Morgan fingerprint density at radius 2 is 1.95 bits per heavy atom. The Hall–Kier alpha value is -4.31. The fourth-order valence-electron chi connectivity index (χ4n) is 5.21. The lowest BCUT2D eigenvalue weighted by Gasteiger charge is -2.30. The van der Waals surface area contributed by atoms with E-state index in [2.05, 4.69) is 39.7 Å². The minimum atomic E-state index is -0.889. The molecule has 6 N–H and O–H groups in total. The zero-order valence-corrected chi connectivity index (χ0v) is 21.8. The number of hydrogen-bond donors (Lipinski definition) is 4. The van der Waals surface area contributed by atoms with E-state index in [4.69, 9.17) is 16.2 Å². The molecule has 0 saturated carbocycles. The molecule has 1 fully saturated rings. The number of aromatic nitrogens is 1. The molecule has 1 unspecified atom stereocenters. The van der Waals surface area contributed by atoms with E-state index in [0.717, 1.165) is 37.2 Å². The van der Waals surface area contributed by atoms with Gasteiger partial charge in [0.25, 0.3) is 5.91 Å². The maximum absolute atomic E-state index is 13.1. The van der Waals surface area contributed by atoms with Crippen molar-refractivity contribution in [2.45, 2.75) is 32.0 Å². The number of nitrogens with one attached hydrogen (secondary N) is 2. The van der Waals surface area contributed by atoms with E-state index in [1.54, 1.807) is 11.7 Å². The van der Waals surface area contributed by atoms with Gasteiger partial charge in [-0.05, 0) is 81.2 Å². The summed E-state index contributed by atoms with van der Waals surface area (Å²) in [5, 5.41) is 6.63. The fourth-order valence-corrected chi connectivity index (χ4v) is 5.21. The predicted octanol–water partition coefficient (Wildman–Crippen LogP) is 2.88. The van der Waals surface area contributed by atoms with Crippen LogP contribution >= 0.6 is 0 Å². The van der Waals surface area contributed by atoms with E-state index in [1.165, 1.54) is 11.8 Å². The number of rotatable bonds is 6. The summed E-state index contributed by atoms with van der Waals surface area (Å²) in [6, 6.07) is 13.8. The van der Waals surface area contributed by atoms with E-state index in [-0.39, 0.29) is 16.9 Å². The minimum Gasteiger partial charge on any atom is -0.495 e. The van der Waals surface area contributed by atoms with E-state index in [0.29, 0.717) is 23.2 Å². The van der Waals surface area contributed by atoms with Crippen molar-refractivity contribution in [3.05, 3.63) is 74.9 Å². The largest absolute Gasteiger partial charge is 0.495 e. The number of amides is 1. The second-order valence-electron chi connectivity index (χ2n) is 9.90.